The van der Waals surface area contributed by atoms with Crippen LogP contribution < -0.4 is 10.2 Å². The van der Waals surface area contributed by atoms with Crippen LogP contribution in [0.15, 0.2) is 42.7 Å². The quantitative estimate of drug-likeness (QED) is 0.469. The van der Waals surface area contributed by atoms with Crippen LogP contribution in [0, 0.1) is 17.2 Å². The van der Waals surface area contributed by atoms with Gasteiger partial charge in [0.2, 0.25) is 11.9 Å². The summed E-state index contributed by atoms with van der Waals surface area (Å²) in [5, 5.41) is 23.4. The second-order valence-electron chi connectivity index (χ2n) is 11.4. The lowest BCUT2D eigenvalue weighted by Crippen LogP contribution is -2.48. The van der Waals surface area contributed by atoms with Crippen molar-refractivity contribution < 1.29 is 9.90 Å². The molecule has 2 saturated heterocycles. The zero-order valence-corrected chi connectivity index (χ0v) is 23.0. The molecule has 3 fully saturated rings. The van der Waals surface area contributed by atoms with E-state index in [-0.39, 0.29) is 18.4 Å². The summed E-state index contributed by atoms with van der Waals surface area (Å²) in [7, 11) is 0. The fraction of sp³-hybridized carbons (Fsp3) is 0.533. The van der Waals surface area contributed by atoms with E-state index in [1.54, 1.807) is 4.90 Å². The maximum absolute atomic E-state index is 12.1. The molecule has 1 aromatic carbocycles. The minimum atomic E-state index is -0.144. The number of aliphatic hydroxyl groups excluding tert-OH is 1. The molecule has 2 N–H and O–H groups in total. The van der Waals surface area contributed by atoms with Crippen LogP contribution in [-0.4, -0.2) is 93.3 Å². The number of β-amino-alcohol motifs (C(OH)–C–C–N with tert-alkyl or cyclic N) is 1. The molecule has 10 heteroatoms. The summed E-state index contributed by atoms with van der Waals surface area (Å²) in [6, 6.07) is 12.7. The van der Waals surface area contributed by atoms with Gasteiger partial charge in [0.1, 0.15) is 12.2 Å². The molecule has 6 rings (SSSR count). The van der Waals surface area contributed by atoms with Crippen molar-refractivity contribution in [1.29, 1.82) is 5.26 Å². The lowest BCUT2D eigenvalue weighted by atomic mass is 9.86. The van der Waals surface area contributed by atoms with E-state index in [0.29, 0.717) is 31.0 Å². The minimum Gasteiger partial charge on any atom is -0.392 e. The van der Waals surface area contributed by atoms with Crippen molar-refractivity contribution in [3.63, 3.8) is 0 Å². The van der Waals surface area contributed by atoms with Crippen LogP contribution in [0.5, 0.6) is 0 Å². The van der Waals surface area contributed by atoms with Gasteiger partial charge in [-0.2, -0.15) is 10.2 Å². The number of nitriles is 1. The van der Waals surface area contributed by atoms with Gasteiger partial charge in [0.15, 0.2) is 0 Å². The van der Waals surface area contributed by atoms with Crippen LogP contribution in [0.25, 0.3) is 16.7 Å². The fourth-order valence-electron chi connectivity index (χ4n) is 6.57. The first kappa shape index (κ1) is 26.5. The number of benzene rings is 1. The molecule has 0 unspecified atom stereocenters. The Morgan fingerprint density at radius 2 is 1.88 bits per heavy atom. The van der Waals surface area contributed by atoms with Gasteiger partial charge >= 0.3 is 0 Å². The van der Waals surface area contributed by atoms with E-state index in [1.165, 1.54) is 12.8 Å². The molecule has 10 nitrogen and oxygen atoms in total. The van der Waals surface area contributed by atoms with Gasteiger partial charge in [-0.3, -0.25) is 4.79 Å². The number of carbonyl (C=O) groups excluding carboxylic acids is 1. The number of fused-ring (bicyclic) bond motifs is 1. The first-order valence-corrected chi connectivity index (χ1v) is 14.6. The highest BCUT2D eigenvalue weighted by atomic mass is 16.3. The number of aliphatic hydroxyl groups is 1. The van der Waals surface area contributed by atoms with Gasteiger partial charge in [0.25, 0.3) is 0 Å². The normalized spacial score (nSPS) is 23.9. The molecule has 3 aliphatic rings. The second-order valence-corrected chi connectivity index (χ2v) is 11.4. The number of piperazine rings is 1. The Balaban J connectivity index is 1.10. The van der Waals surface area contributed by atoms with Gasteiger partial charge in [0.05, 0.1) is 17.7 Å². The SMILES string of the molecule is N#CCC(=O)N1CCN(c2cccc3c2ccn3-c2ccnc(N[C@H]3CC[C@H](CN4CC[C@H](O)C4)CC3)n2)CC1. The zero-order valence-electron chi connectivity index (χ0n) is 23.0. The Bertz CT molecular complexity index is 1370. The molecule has 3 aromatic rings. The smallest absolute Gasteiger partial charge is 0.236 e. The van der Waals surface area contributed by atoms with E-state index in [4.69, 9.17) is 10.2 Å². The number of aromatic nitrogens is 3. The molecule has 4 heterocycles. The van der Waals surface area contributed by atoms with Gasteiger partial charge in [-0.1, -0.05) is 6.07 Å². The van der Waals surface area contributed by atoms with Crippen molar-refractivity contribution in [2.45, 2.75) is 50.7 Å². The van der Waals surface area contributed by atoms with E-state index in [9.17, 15) is 9.90 Å². The van der Waals surface area contributed by atoms with Gasteiger partial charge in [-0.15, -0.1) is 0 Å². The van der Waals surface area contributed by atoms with Crippen molar-refractivity contribution in [3.8, 4) is 11.9 Å². The fourth-order valence-corrected chi connectivity index (χ4v) is 6.57. The second kappa shape index (κ2) is 11.8. The summed E-state index contributed by atoms with van der Waals surface area (Å²) in [6.07, 6.45) is 9.20. The van der Waals surface area contributed by atoms with Crippen LogP contribution >= 0.6 is 0 Å². The lowest BCUT2D eigenvalue weighted by molar-refractivity contribution is -0.130. The Hall–Kier alpha value is -3.68. The lowest BCUT2D eigenvalue weighted by Gasteiger charge is -2.36. The van der Waals surface area contributed by atoms with E-state index in [1.807, 2.05) is 18.3 Å². The monoisotopic (exact) mass is 542 g/mol. The molecule has 1 atom stereocenters. The van der Waals surface area contributed by atoms with Crippen molar-refractivity contribution in [3.05, 3.63) is 42.7 Å². The molecule has 1 aliphatic carbocycles. The van der Waals surface area contributed by atoms with Gasteiger partial charge in [-0.25, -0.2) is 4.98 Å². The van der Waals surface area contributed by atoms with Crippen LogP contribution in [0.4, 0.5) is 11.6 Å². The predicted molar refractivity (Wildman–Crippen MR) is 154 cm³/mol. The predicted octanol–water partition coefficient (Wildman–Crippen LogP) is 3.02. The molecule has 1 saturated carbocycles. The summed E-state index contributed by atoms with van der Waals surface area (Å²) in [6.45, 7) is 5.69. The number of anilines is 2. The number of rotatable bonds is 7. The largest absolute Gasteiger partial charge is 0.392 e. The summed E-state index contributed by atoms with van der Waals surface area (Å²) >= 11 is 0. The zero-order chi connectivity index (χ0) is 27.5. The summed E-state index contributed by atoms with van der Waals surface area (Å²) in [5.74, 6) is 2.12. The molecule has 40 heavy (non-hydrogen) atoms. The third-order valence-electron chi connectivity index (χ3n) is 8.74. The third kappa shape index (κ3) is 5.76. The number of amides is 1. The molecular formula is C30H38N8O2. The number of nitrogens with one attached hydrogen (secondary N) is 1. The van der Waals surface area contributed by atoms with E-state index >= 15 is 0 Å². The van der Waals surface area contributed by atoms with Crippen molar-refractivity contribution in [2.24, 2.45) is 5.92 Å². The molecule has 2 aromatic heterocycles. The highest BCUT2D eigenvalue weighted by molar-refractivity contribution is 5.94. The van der Waals surface area contributed by atoms with E-state index < -0.39 is 0 Å². The average molecular weight is 543 g/mol. The Kier molecular flexibility index (Phi) is 7.84. The van der Waals surface area contributed by atoms with Crippen molar-refractivity contribution in [1.82, 2.24) is 24.3 Å². The summed E-state index contributed by atoms with van der Waals surface area (Å²) < 4.78 is 2.11. The Morgan fingerprint density at radius 1 is 1.05 bits per heavy atom. The molecule has 0 bridgehead atoms. The number of nitrogens with zero attached hydrogens (tertiary/aromatic N) is 7. The molecular weight excluding hydrogens is 504 g/mol. The highest BCUT2D eigenvalue weighted by Gasteiger charge is 2.27. The molecule has 1 amide bonds. The maximum atomic E-state index is 12.1. The Labute approximate surface area is 235 Å². The van der Waals surface area contributed by atoms with Gasteiger partial charge < -0.3 is 29.7 Å². The van der Waals surface area contributed by atoms with E-state index in [2.05, 4.69) is 55.1 Å². The minimum absolute atomic E-state index is 0.0556. The number of likely N-dealkylation sites (tertiary alicyclic amines) is 1. The van der Waals surface area contributed by atoms with Crippen LogP contribution in [0.3, 0.4) is 0 Å². The first-order valence-electron chi connectivity index (χ1n) is 14.6. The number of carbonyl (C=O) groups is 1. The average Bonchev–Trinajstić information content (AvgIpc) is 3.60. The topological polar surface area (TPSA) is 114 Å². The summed E-state index contributed by atoms with van der Waals surface area (Å²) in [5.41, 5.74) is 2.23. The molecule has 210 valence electrons. The number of hydrogen-bond donors (Lipinski definition) is 2. The summed E-state index contributed by atoms with van der Waals surface area (Å²) in [4.78, 5) is 28.0. The van der Waals surface area contributed by atoms with Crippen LogP contribution in [0.1, 0.15) is 38.5 Å². The maximum Gasteiger partial charge on any atom is 0.236 e. The van der Waals surface area contributed by atoms with Gasteiger partial charge in [0, 0.05) is 75.3 Å². The first-order chi connectivity index (χ1) is 19.6. The van der Waals surface area contributed by atoms with Crippen molar-refractivity contribution in [2.75, 3.05) is 56.0 Å². The van der Waals surface area contributed by atoms with Crippen LogP contribution in [0.2, 0.25) is 0 Å². The molecule has 0 radical (unpaired) electrons. The van der Waals surface area contributed by atoms with E-state index in [0.717, 1.165) is 74.4 Å². The highest BCUT2D eigenvalue weighted by Crippen LogP contribution is 2.31. The molecule has 2 aliphatic heterocycles. The third-order valence-corrected chi connectivity index (χ3v) is 8.74. The standard InChI is InChI=1S/C30H38N8O2/c31-12-8-29(40)37-18-16-36(17-19-37)26-2-1-3-27-25(26)11-15-38(27)28-9-13-32-30(34-28)33-23-6-4-22(5-7-23)20-35-14-10-24(39)21-35/h1-3,9,11,13,15,22-24,39H,4-8,10,14,16-21H2,(H,32,33,34)/t22-,23-,24-/m0/s1. The molecule has 0 spiro atoms. The van der Waals surface area contributed by atoms with Crippen molar-refractivity contribution >= 4 is 28.4 Å². The Morgan fingerprint density at radius 3 is 2.62 bits per heavy atom. The van der Waals surface area contributed by atoms with Crippen LogP contribution in [-0.2, 0) is 4.79 Å². The van der Waals surface area contributed by atoms with Gasteiger partial charge in [-0.05, 0) is 62.3 Å². The number of hydrogen-bond acceptors (Lipinski definition) is 8.